The van der Waals surface area contributed by atoms with E-state index in [4.69, 9.17) is 18.9 Å². The number of hydrogen-bond acceptors (Lipinski definition) is 15. The van der Waals surface area contributed by atoms with Gasteiger partial charge in [-0.25, -0.2) is 4.79 Å². The van der Waals surface area contributed by atoms with Crippen LogP contribution in [0.4, 0.5) is 16.2 Å². The predicted octanol–water partition coefficient (Wildman–Crippen LogP) is 24.0. The summed E-state index contributed by atoms with van der Waals surface area (Å²) in [5, 5.41) is 1.29. The van der Waals surface area contributed by atoms with E-state index < -0.39 is 6.16 Å². The largest absolute Gasteiger partial charge is 0.514 e. The van der Waals surface area contributed by atoms with Crippen molar-refractivity contribution in [2.24, 2.45) is 7.05 Å². The molecule has 0 N–H and O–H groups in total. The van der Waals surface area contributed by atoms with Crippen molar-refractivity contribution in [1.82, 2.24) is 8.97 Å². The molecule has 0 aliphatic rings. The van der Waals surface area contributed by atoms with Gasteiger partial charge in [0.25, 0.3) is 5.95 Å². The van der Waals surface area contributed by atoms with Gasteiger partial charge in [0.05, 0.1) is 12.5 Å². The highest BCUT2D eigenvalue weighted by molar-refractivity contribution is 8.78. The Bertz CT molecular complexity index is 2650. The third kappa shape index (κ3) is 47.6. The molecule has 0 amide bonds. The van der Waals surface area contributed by atoms with Crippen LogP contribution in [0.15, 0.2) is 159 Å². The summed E-state index contributed by atoms with van der Waals surface area (Å²) in [6.45, 7) is 36.7. The zero-order valence-electron chi connectivity index (χ0n) is 54.8. The second kappa shape index (κ2) is 43.7. The highest BCUT2D eigenvalue weighted by atomic mass is 33.1. The number of quaternary nitrogens is 2. The van der Waals surface area contributed by atoms with E-state index in [0.717, 1.165) is 10.6 Å². The lowest BCUT2D eigenvalue weighted by atomic mass is 10.2. The Morgan fingerprint density at radius 2 is 0.818 bits per heavy atom. The number of aromatic nitrogens is 1. The molecule has 0 aliphatic carbocycles. The second-order valence-corrected chi connectivity index (χ2v) is 43.7. The maximum absolute atomic E-state index is 11.5. The zero-order chi connectivity index (χ0) is 65.0. The van der Waals surface area contributed by atoms with E-state index in [9.17, 15) is 4.79 Å². The fourth-order valence-electron chi connectivity index (χ4n) is 5.25. The van der Waals surface area contributed by atoms with E-state index in [-0.39, 0.29) is 59.5 Å². The van der Waals surface area contributed by atoms with Crippen LogP contribution < -0.4 is 23.0 Å². The van der Waals surface area contributed by atoms with Crippen molar-refractivity contribution in [2.75, 3.05) is 52.6 Å². The number of carbonyl (C=O) groups is 1. The van der Waals surface area contributed by atoms with Crippen LogP contribution in [0.25, 0.3) is 0 Å². The number of pyridine rings is 1. The highest BCUT2D eigenvalue weighted by Crippen LogP contribution is 2.43. The Balaban J connectivity index is -0.00000103. The van der Waals surface area contributed by atoms with Gasteiger partial charge in [-0.05, 0) is 97.6 Å². The van der Waals surface area contributed by atoms with Crippen LogP contribution in [0.1, 0.15) is 126 Å². The molecule has 0 fully saturated rings. The lowest BCUT2D eigenvalue weighted by molar-refractivity contribution is -0.708. The van der Waals surface area contributed by atoms with Crippen LogP contribution in [0.5, 0.6) is 11.5 Å². The first kappa shape index (κ1) is 91.0. The Morgan fingerprint density at radius 3 is 1.18 bits per heavy atom. The first-order valence-electron chi connectivity index (χ1n) is 27.1. The van der Waals surface area contributed by atoms with Gasteiger partial charge in [-0.3, -0.25) is 0 Å². The molecule has 0 spiro atoms. The summed E-state index contributed by atoms with van der Waals surface area (Å²) in [6.07, 6.45) is 13.6. The molecule has 2 atom stereocenters. The molecule has 5 rings (SSSR count). The van der Waals surface area contributed by atoms with Crippen LogP contribution in [0.3, 0.4) is 0 Å². The minimum absolute atomic E-state index is 0. The molecule has 88 heavy (non-hydrogen) atoms. The molecule has 1 heterocycles. The second-order valence-electron chi connectivity index (χ2n) is 25.0. The number of benzene rings is 4. The molecule has 1 aromatic heterocycles. The highest BCUT2D eigenvalue weighted by Gasteiger charge is 2.18. The first-order chi connectivity index (χ1) is 38.9. The number of rotatable bonds is 20. The van der Waals surface area contributed by atoms with E-state index in [1.165, 1.54) is 36.2 Å². The molecule has 8 nitrogen and oxygen atoms in total. The van der Waals surface area contributed by atoms with Gasteiger partial charge < -0.3 is 27.9 Å². The van der Waals surface area contributed by atoms with Crippen molar-refractivity contribution in [1.29, 1.82) is 0 Å². The van der Waals surface area contributed by atoms with Gasteiger partial charge in [-0.1, -0.05) is 223 Å². The van der Waals surface area contributed by atoms with Crippen molar-refractivity contribution in [3.63, 3.8) is 0 Å². The van der Waals surface area contributed by atoms with Crippen LogP contribution in [-0.4, -0.2) is 82.5 Å². The average molecular weight is 1440 g/mol. The number of nitrogens with zero attached hydrogens (tertiary/aromatic N) is 3. The maximum atomic E-state index is 11.5. The number of ether oxygens (including phenoxy) is 4. The van der Waals surface area contributed by atoms with E-state index >= 15 is 0 Å². The molecule has 0 saturated heterocycles. The van der Waals surface area contributed by atoms with Gasteiger partial charge in [0.15, 0.2) is 12.1 Å². The van der Waals surface area contributed by atoms with Crippen LogP contribution >= 0.6 is 108 Å². The van der Waals surface area contributed by atoms with Gasteiger partial charge in [0.1, 0.15) is 45.7 Å². The van der Waals surface area contributed by atoms with Crippen molar-refractivity contribution in [3.8, 4) is 11.5 Å². The third-order valence-electron chi connectivity index (χ3n) is 9.23. The van der Waals surface area contributed by atoms with E-state index in [1.807, 2.05) is 128 Å². The minimum atomic E-state index is -0.676. The molecule has 2 unspecified atom stereocenters. The maximum Gasteiger partial charge on any atom is 0.514 e. The molecule has 20 heteroatoms. The fourth-order valence-corrected chi connectivity index (χ4v) is 16.4. The lowest BCUT2D eigenvalue weighted by Crippen LogP contribution is -2.31. The third-order valence-corrected chi connectivity index (χ3v) is 27.5. The molecular weight excluding hydrogens is 1320 g/mol. The topological polar surface area (TPSA) is 57.9 Å². The summed E-state index contributed by atoms with van der Waals surface area (Å²) in [5.74, 6) is 2.30. The summed E-state index contributed by atoms with van der Waals surface area (Å²) < 4.78 is 25.6. The van der Waals surface area contributed by atoms with Crippen LogP contribution in [0, 0.1) is 26.6 Å². The zero-order valence-corrected chi connectivity index (χ0v) is 64.6. The van der Waals surface area contributed by atoms with Gasteiger partial charge in [-0.15, -0.1) is 48.4 Å². The molecular formula is C68H112N3O5S12+. The smallest absolute Gasteiger partial charge is 0.454 e. The van der Waals surface area contributed by atoms with Crippen LogP contribution in [-0.2, 0) is 38.3 Å². The Kier molecular flexibility index (Phi) is 45.2. The fraction of sp³-hybridized carbons (Fsp3) is 0.471. The van der Waals surface area contributed by atoms with Crippen molar-refractivity contribution in [3.05, 3.63) is 161 Å². The van der Waals surface area contributed by atoms with Crippen molar-refractivity contribution < 1.29 is 28.3 Å². The van der Waals surface area contributed by atoms with Gasteiger partial charge in [0, 0.05) is 96.8 Å². The molecule has 5 aromatic rings. The predicted molar refractivity (Wildman–Crippen MR) is 423 cm³/mol. The first-order valence-corrected chi connectivity index (χ1v) is 41.8. The normalized spacial score (nSPS) is 12.2. The molecule has 500 valence electrons. The summed E-state index contributed by atoms with van der Waals surface area (Å²) in [6, 6.07) is 38.7. The lowest BCUT2D eigenvalue weighted by Gasteiger charge is -2.32. The Labute approximate surface area is 585 Å². The average Bonchev–Trinajstić information content (AvgIpc) is 3.61. The Hall–Kier alpha value is -1.24. The summed E-state index contributed by atoms with van der Waals surface area (Å²) in [4.78, 5) is 16.6. The molecule has 0 saturated carbocycles. The minimum Gasteiger partial charge on any atom is -0.454 e. The van der Waals surface area contributed by atoms with Gasteiger partial charge in [-0.2, -0.15) is 4.57 Å². The summed E-state index contributed by atoms with van der Waals surface area (Å²) >= 11 is 0. The van der Waals surface area contributed by atoms with Crippen molar-refractivity contribution in [2.45, 2.75) is 174 Å². The van der Waals surface area contributed by atoms with E-state index in [2.05, 4.69) is 236 Å². The van der Waals surface area contributed by atoms with E-state index in [1.54, 1.807) is 44.5 Å². The van der Waals surface area contributed by atoms with Crippen molar-refractivity contribution >= 4 is 147 Å². The van der Waals surface area contributed by atoms with Gasteiger partial charge in [0.2, 0.25) is 5.03 Å². The monoisotopic (exact) mass is 1430 g/mol. The summed E-state index contributed by atoms with van der Waals surface area (Å²) in [7, 11) is 36.3. The molecule has 0 radical (unpaired) electrons. The van der Waals surface area contributed by atoms with E-state index in [0.29, 0.717) is 46.6 Å². The quantitative estimate of drug-likeness (QED) is 0.00710. The molecule has 4 aromatic carbocycles. The van der Waals surface area contributed by atoms with Gasteiger partial charge >= 0.3 is 6.16 Å². The summed E-state index contributed by atoms with van der Waals surface area (Å²) in [5.41, 5.74) is 2.33. The molecule has 0 bridgehead atoms. The molecule has 0 aliphatic heterocycles. The van der Waals surface area contributed by atoms with Crippen LogP contribution in [0.2, 0.25) is 0 Å². The SMILES string of the molecule is C.C.C.C=C(OCSSC(C)(C)C)Oc1ccc([N+]([CH2-])(C)C)cc1.C[n+]1ccccc1SSC(C)(C)C.[CH2-][N+](C)(C)c1ccc(SSC(C)(C)C)cc1.[CH2-][S+](C)c1ccc(OC(=O)OCSSC(C)(C)C)cc1.[CH2-][S+](C)c1ccc(SSC(C)(C)C)cc1. The number of carbonyl (C=O) groups excluding carboxylic acids is 1. The number of aryl methyl sites for hydroxylation is 1. The number of hydrogen-bond donors (Lipinski definition) is 0. The standard InChI is InChI=1S/C16H25NO2S2.C14H20O3S3.C13H21NS2.C12H18S3.C10H16NS2.3CH4/c1-13(18-12-20-21-16(2,3)4)19-15-10-8-14(9-11-15)17(5,6)7;1-14(2,3)19-18-10-16-13(15)17-11-6-8-12(9-7-11)20(4)5;1-13(2,3)16-15-12-9-7-11(8-10-12)14(4,5)6;1-12(2,3)14-13-10-6-8-11(9-7-10)15(4)5;1-10(2,3)13-12-9-7-5-6-8-11(9)4;;;/h8-11H,1,5,12H2,2-4,6-7H3;6-9H,4,10H2,1-3,5H3;7-10H,4H2,1-3,5-6H3;6-9H,4H2,1-3,5H3;5-8H,1-4H3;3*1H4/q;;;;+1;;;. The Morgan fingerprint density at radius 1 is 0.489 bits per heavy atom.